The van der Waals surface area contributed by atoms with Gasteiger partial charge in [-0.15, -0.1) is 0 Å². The molecule has 0 atom stereocenters. The predicted molar refractivity (Wildman–Crippen MR) is 57.2 cm³/mol. The first kappa shape index (κ1) is 9.86. The van der Waals surface area contributed by atoms with Gasteiger partial charge in [-0.2, -0.15) is 0 Å². The molecule has 1 aromatic heterocycles. The zero-order valence-corrected chi connectivity index (χ0v) is 8.11. The van der Waals surface area contributed by atoms with Crippen LogP contribution in [0.1, 0.15) is 0 Å². The summed E-state index contributed by atoms with van der Waals surface area (Å²) in [6, 6.07) is 7.53. The fraction of sp³-hybridized carbons (Fsp3) is 0.182. The zero-order chi connectivity index (χ0) is 10.8. The van der Waals surface area contributed by atoms with E-state index in [2.05, 4.69) is 0 Å². The van der Waals surface area contributed by atoms with Gasteiger partial charge in [-0.1, -0.05) is 0 Å². The maximum atomic E-state index is 13.0. The van der Waals surface area contributed by atoms with Crippen LogP contribution in [-0.4, -0.2) is 11.1 Å². The highest BCUT2D eigenvalue weighted by molar-refractivity contribution is 5.78. The highest BCUT2D eigenvalue weighted by atomic mass is 19.1. The Morgan fingerprint density at radius 2 is 2.00 bits per heavy atom. The number of hydrogen-bond donors (Lipinski definition) is 1. The molecular weight excluding hydrogens is 195 g/mol. The lowest BCUT2D eigenvalue weighted by molar-refractivity contribution is 0.626. The number of pyridine rings is 1. The van der Waals surface area contributed by atoms with Crippen molar-refractivity contribution in [3.63, 3.8) is 0 Å². The molecule has 0 unspecified atom stereocenters. The molecule has 4 heteroatoms. The van der Waals surface area contributed by atoms with Crippen LogP contribution in [0.15, 0.2) is 35.1 Å². The van der Waals surface area contributed by atoms with E-state index in [1.807, 2.05) is 0 Å². The first-order valence-corrected chi connectivity index (χ1v) is 4.71. The van der Waals surface area contributed by atoms with E-state index in [0.29, 0.717) is 18.6 Å². The Morgan fingerprint density at radius 3 is 2.73 bits per heavy atom. The van der Waals surface area contributed by atoms with Crippen molar-refractivity contribution in [2.75, 3.05) is 6.54 Å². The Bertz CT molecular complexity index is 548. The monoisotopic (exact) mass is 206 g/mol. The number of halogens is 1. The molecule has 0 aliphatic heterocycles. The fourth-order valence-electron chi connectivity index (χ4n) is 1.62. The Balaban J connectivity index is 2.78. The van der Waals surface area contributed by atoms with Crippen LogP contribution in [0.2, 0.25) is 0 Å². The van der Waals surface area contributed by atoms with Crippen molar-refractivity contribution in [2.45, 2.75) is 6.54 Å². The van der Waals surface area contributed by atoms with Crippen molar-refractivity contribution < 1.29 is 4.39 Å². The van der Waals surface area contributed by atoms with Gasteiger partial charge in [-0.3, -0.25) is 4.79 Å². The number of nitrogens with two attached hydrogens (primary N) is 1. The summed E-state index contributed by atoms with van der Waals surface area (Å²) in [7, 11) is 0. The van der Waals surface area contributed by atoms with Gasteiger partial charge < -0.3 is 10.3 Å². The molecule has 0 saturated heterocycles. The third-order valence-electron chi connectivity index (χ3n) is 2.31. The van der Waals surface area contributed by atoms with Gasteiger partial charge in [-0.25, -0.2) is 4.39 Å². The number of benzene rings is 1. The number of rotatable bonds is 2. The fourth-order valence-corrected chi connectivity index (χ4v) is 1.62. The second-order valence-electron chi connectivity index (χ2n) is 3.32. The minimum Gasteiger partial charge on any atom is -0.329 e. The van der Waals surface area contributed by atoms with E-state index in [1.54, 1.807) is 12.1 Å². The molecule has 15 heavy (non-hydrogen) atoms. The normalized spacial score (nSPS) is 10.8. The summed E-state index contributed by atoms with van der Waals surface area (Å²) in [6.07, 6.45) is 0. The van der Waals surface area contributed by atoms with Crippen molar-refractivity contribution >= 4 is 10.9 Å². The molecule has 0 amide bonds. The molecule has 0 radical (unpaired) electrons. The van der Waals surface area contributed by atoms with Gasteiger partial charge in [0, 0.05) is 19.2 Å². The highest BCUT2D eigenvalue weighted by Crippen LogP contribution is 2.13. The van der Waals surface area contributed by atoms with Gasteiger partial charge in [0.2, 0.25) is 0 Å². The zero-order valence-electron chi connectivity index (χ0n) is 8.11. The van der Waals surface area contributed by atoms with E-state index in [4.69, 9.17) is 5.73 Å². The standard InChI is InChI=1S/C11H11FN2O/c12-9-3-1-8-2-4-11(15)14(6-5-13)10(8)7-9/h1-4,7H,5-6,13H2. The van der Waals surface area contributed by atoms with Crippen molar-refractivity contribution in [2.24, 2.45) is 5.73 Å². The number of hydrogen-bond acceptors (Lipinski definition) is 2. The van der Waals surface area contributed by atoms with Crippen molar-refractivity contribution in [1.82, 2.24) is 4.57 Å². The van der Waals surface area contributed by atoms with Crippen LogP contribution in [0.4, 0.5) is 4.39 Å². The van der Waals surface area contributed by atoms with Crippen molar-refractivity contribution in [3.05, 3.63) is 46.5 Å². The molecule has 0 spiro atoms. The lowest BCUT2D eigenvalue weighted by atomic mass is 10.2. The topological polar surface area (TPSA) is 48.0 Å². The Kier molecular flexibility index (Phi) is 2.51. The summed E-state index contributed by atoms with van der Waals surface area (Å²) in [5.74, 6) is -0.348. The van der Waals surface area contributed by atoms with E-state index in [1.165, 1.54) is 22.8 Å². The number of fused-ring (bicyclic) bond motifs is 1. The lowest BCUT2D eigenvalue weighted by Gasteiger charge is -2.08. The third kappa shape index (κ3) is 1.76. The number of aromatic nitrogens is 1. The van der Waals surface area contributed by atoms with Gasteiger partial charge >= 0.3 is 0 Å². The van der Waals surface area contributed by atoms with Gasteiger partial charge in [0.25, 0.3) is 5.56 Å². The van der Waals surface area contributed by atoms with Crippen LogP contribution < -0.4 is 11.3 Å². The van der Waals surface area contributed by atoms with Crippen molar-refractivity contribution in [3.8, 4) is 0 Å². The molecule has 0 fully saturated rings. The maximum Gasteiger partial charge on any atom is 0.251 e. The van der Waals surface area contributed by atoms with E-state index in [9.17, 15) is 9.18 Å². The van der Waals surface area contributed by atoms with E-state index in [-0.39, 0.29) is 11.4 Å². The van der Waals surface area contributed by atoms with Gasteiger partial charge in [0.1, 0.15) is 5.82 Å². The molecular formula is C11H11FN2O. The minimum absolute atomic E-state index is 0.154. The van der Waals surface area contributed by atoms with Crippen LogP contribution in [-0.2, 0) is 6.54 Å². The van der Waals surface area contributed by atoms with Gasteiger partial charge in [0.15, 0.2) is 0 Å². The average Bonchev–Trinajstić information content (AvgIpc) is 2.23. The van der Waals surface area contributed by atoms with Crippen LogP contribution in [0.5, 0.6) is 0 Å². The van der Waals surface area contributed by atoms with E-state index >= 15 is 0 Å². The van der Waals surface area contributed by atoms with E-state index < -0.39 is 0 Å². The Hall–Kier alpha value is -1.68. The SMILES string of the molecule is NCCn1c(=O)ccc2ccc(F)cc21. The lowest BCUT2D eigenvalue weighted by Crippen LogP contribution is -2.23. The first-order valence-electron chi connectivity index (χ1n) is 4.71. The summed E-state index contributed by atoms with van der Waals surface area (Å²) >= 11 is 0. The molecule has 0 aliphatic rings. The quantitative estimate of drug-likeness (QED) is 0.799. The summed E-state index contributed by atoms with van der Waals surface area (Å²) < 4.78 is 14.5. The molecule has 2 N–H and O–H groups in total. The molecule has 0 saturated carbocycles. The van der Waals surface area contributed by atoms with Crippen LogP contribution in [0.3, 0.4) is 0 Å². The second-order valence-corrected chi connectivity index (χ2v) is 3.32. The van der Waals surface area contributed by atoms with Crippen LogP contribution >= 0.6 is 0 Å². The van der Waals surface area contributed by atoms with Crippen LogP contribution in [0.25, 0.3) is 10.9 Å². The largest absolute Gasteiger partial charge is 0.329 e. The summed E-state index contributed by atoms with van der Waals surface area (Å²) in [4.78, 5) is 11.5. The second kappa shape index (κ2) is 3.82. The van der Waals surface area contributed by atoms with Crippen LogP contribution in [0, 0.1) is 5.82 Å². The molecule has 3 nitrogen and oxygen atoms in total. The third-order valence-corrected chi connectivity index (χ3v) is 2.31. The summed E-state index contributed by atoms with van der Waals surface area (Å²) in [5, 5.41) is 0.837. The first-order chi connectivity index (χ1) is 7.22. The molecule has 1 aromatic carbocycles. The summed E-state index contributed by atoms with van der Waals surface area (Å²) in [6.45, 7) is 0.759. The van der Waals surface area contributed by atoms with Crippen molar-refractivity contribution in [1.29, 1.82) is 0 Å². The Labute approximate surface area is 85.9 Å². The van der Waals surface area contributed by atoms with E-state index in [0.717, 1.165) is 5.39 Å². The number of nitrogens with zero attached hydrogens (tertiary/aromatic N) is 1. The average molecular weight is 206 g/mol. The Morgan fingerprint density at radius 1 is 1.27 bits per heavy atom. The molecule has 0 aliphatic carbocycles. The molecule has 1 heterocycles. The molecule has 2 rings (SSSR count). The maximum absolute atomic E-state index is 13.0. The minimum atomic E-state index is -0.348. The van der Waals surface area contributed by atoms with Gasteiger partial charge in [0.05, 0.1) is 5.52 Å². The molecule has 0 bridgehead atoms. The summed E-state index contributed by atoms with van der Waals surface area (Å²) in [5.41, 5.74) is 5.84. The predicted octanol–water partition coefficient (Wildman–Crippen LogP) is 1.10. The smallest absolute Gasteiger partial charge is 0.251 e. The highest BCUT2D eigenvalue weighted by Gasteiger charge is 2.02. The molecule has 2 aromatic rings. The molecule has 78 valence electrons. The van der Waals surface area contributed by atoms with Gasteiger partial charge in [-0.05, 0) is 29.7 Å².